The number of hydrogen-bond acceptors (Lipinski definition) is 5. The molecule has 0 unspecified atom stereocenters. The summed E-state index contributed by atoms with van der Waals surface area (Å²) in [6.07, 6.45) is 2.47. The van der Waals surface area contributed by atoms with Crippen molar-refractivity contribution in [3.05, 3.63) is 55.9 Å². The van der Waals surface area contributed by atoms with Crippen LogP contribution in [0.25, 0.3) is 10.2 Å². The fourth-order valence-electron chi connectivity index (χ4n) is 4.47. The highest BCUT2D eigenvalue weighted by atomic mass is 35.5. The van der Waals surface area contributed by atoms with E-state index in [-0.39, 0.29) is 23.9 Å². The van der Waals surface area contributed by atoms with Gasteiger partial charge in [-0.15, -0.1) is 11.3 Å². The molecule has 1 aromatic carbocycles. The number of aryl methyl sites for hydroxylation is 2. The van der Waals surface area contributed by atoms with Gasteiger partial charge in [-0.25, -0.2) is 4.98 Å². The zero-order valence-electron chi connectivity index (χ0n) is 19.1. The van der Waals surface area contributed by atoms with Crippen LogP contribution < -0.4 is 10.9 Å². The maximum absolute atomic E-state index is 13.2. The molecule has 1 aliphatic rings. The number of anilines is 1. The Labute approximate surface area is 201 Å². The van der Waals surface area contributed by atoms with Crippen molar-refractivity contribution in [3.63, 3.8) is 0 Å². The topological polar surface area (TPSA) is 84.3 Å². The monoisotopic (exact) mass is 486 g/mol. The molecule has 0 bridgehead atoms. The number of carbonyl (C=O) groups is 2. The summed E-state index contributed by atoms with van der Waals surface area (Å²) in [4.78, 5) is 46.2. The van der Waals surface area contributed by atoms with Crippen LogP contribution in [-0.4, -0.2) is 39.4 Å². The fraction of sp³-hybridized carbons (Fsp3) is 0.417. The second-order valence-corrected chi connectivity index (χ2v) is 10.5. The smallest absolute Gasteiger partial charge is 0.264 e. The van der Waals surface area contributed by atoms with E-state index in [1.807, 2.05) is 17.9 Å². The molecular formula is C24H27ClN4O3S. The first kappa shape index (κ1) is 23.4. The number of benzene rings is 1. The molecule has 1 saturated heterocycles. The number of thiophene rings is 1. The molecule has 0 saturated carbocycles. The van der Waals surface area contributed by atoms with E-state index >= 15 is 0 Å². The lowest BCUT2D eigenvalue weighted by Gasteiger charge is -2.34. The lowest BCUT2D eigenvalue weighted by molar-refractivity contribution is -0.116. The number of fused-ring (bicyclic) bond motifs is 1. The molecule has 4 rings (SSSR count). The summed E-state index contributed by atoms with van der Waals surface area (Å²) in [5.74, 6) is 0.488. The Kier molecular flexibility index (Phi) is 6.59. The fourth-order valence-corrected chi connectivity index (χ4v) is 5.76. The van der Waals surface area contributed by atoms with E-state index in [2.05, 4.69) is 24.1 Å². The van der Waals surface area contributed by atoms with Crippen molar-refractivity contribution >= 4 is 50.7 Å². The molecule has 3 aromatic rings. The minimum absolute atomic E-state index is 0.0474. The molecule has 1 N–H and O–H groups in total. The van der Waals surface area contributed by atoms with Crippen LogP contribution >= 0.6 is 22.9 Å². The number of carbonyl (C=O) groups excluding carboxylic acids is 2. The lowest BCUT2D eigenvalue weighted by Crippen LogP contribution is -2.42. The molecule has 174 valence electrons. The van der Waals surface area contributed by atoms with Crippen LogP contribution in [0.1, 0.15) is 41.1 Å². The Morgan fingerprint density at radius 2 is 1.91 bits per heavy atom. The number of nitrogens with one attached hydrogen (secondary N) is 1. The Bertz CT molecular complexity index is 1290. The van der Waals surface area contributed by atoms with Gasteiger partial charge in [0.2, 0.25) is 5.91 Å². The Morgan fingerprint density at radius 3 is 2.58 bits per heavy atom. The number of nitrogens with zero attached hydrogens (tertiary/aromatic N) is 3. The molecule has 7 nitrogen and oxygen atoms in total. The minimum atomic E-state index is -0.362. The van der Waals surface area contributed by atoms with E-state index in [4.69, 9.17) is 11.6 Å². The third kappa shape index (κ3) is 4.82. The van der Waals surface area contributed by atoms with E-state index in [0.29, 0.717) is 43.2 Å². The van der Waals surface area contributed by atoms with Crippen LogP contribution in [0.3, 0.4) is 0 Å². The molecule has 3 heterocycles. The van der Waals surface area contributed by atoms with Gasteiger partial charge in [0.05, 0.1) is 16.6 Å². The van der Waals surface area contributed by atoms with Crippen molar-refractivity contribution in [1.29, 1.82) is 0 Å². The van der Waals surface area contributed by atoms with Gasteiger partial charge in [-0.1, -0.05) is 31.5 Å². The molecule has 0 aliphatic carbocycles. The van der Waals surface area contributed by atoms with Crippen LogP contribution in [0.15, 0.2) is 29.3 Å². The average molecular weight is 487 g/mol. The van der Waals surface area contributed by atoms with Gasteiger partial charge < -0.3 is 10.2 Å². The summed E-state index contributed by atoms with van der Waals surface area (Å²) in [5.41, 5.74) is 1.77. The van der Waals surface area contributed by atoms with Crippen molar-refractivity contribution in [2.24, 2.45) is 11.8 Å². The van der Waals surface area contributed by atoms with E-state index in [1.165, 1.54) is 22.2 Å². The van der Waals surface area contributed by atoms with E-state index in [9.17, 15) is 14.4 Å². The summed E-state index contributed by atoms with van der Waals surface area (Å²) >= 11 is 7.36. The number of halogens is 1. The molecule has 1 aliphatic heterocycles. The molecule has 9 heteroatoms. The number of piperidine rings is 1. The molecule has 2 atom stereocenters. The SMILES string of the molecule is Cc1ccc(NC(=O)Cn2cnc3sc(C(=O)N4C[C@H](C)C[C@@H](C)C4)c(C)c3c2=O)cc1Cl. The Balaban J connectivity index is 1.58. The summed E-state index contributed by atoms with van der Waals surface area (Å²) in [6, 6.07) is 5.24. The molecular weight excluding hydrogens is 460 g/mol. The second kappa shape index (κ2) is 9.27. The van der Waals surface area contributed by atoms with Gasteiger partial charge in [-0.2, -0.15) is 0 Å². The van der Waals surface area contributed by atoms with Crippen molar-refractivity contribution in [2.45, 2.75) is 40.7 Å². The second-order valence-electron chi connectivity index (χ2n) is 9.08. The maximum atomic E-state index is 13.2. The van der Waals surface area contributed by atoms with E-state index < -0.39 is 0 Å². The summed E-state index contributed by atoms with van der Waals surface area (Å²) in [5, 5.41) is 3.70. The normalized spacial score (nSPS) is 18.5. The molecule has 2 amide bonds. The summed E-state index contributed by atoms with van der Waals surface area (Å²) in [7, 11) is 0. The molecule has 2 aromatic heterocycles. The van der Waals surface area contributed by atoms with Crippen LogP contribution in [0.2, 0.25) is 5.02 Å². The highest BCUT2D eigenvalue weighted by Gasteiger charge is 2.29. The predicted octanol–water partition coefficient (Wildman–Crippen LogP) is 4.49. The quantitative estimate of drug-likeness (QED) is 0.589. The Hall–Kier alpha value is -2.71. The Morgan fingerprint density at radius 1 is 1.21 bits per heavy atom. The van der Waals surface area contributed by atoms with Gasteiger partial charge in [0, 0.05) is 23.8 Å². The first-order valence-electron chi connectivity index (χ1n) is 11.0. The number of rotatable bonds is 4. The van der Waals surface area contributed by atoms with E-state index in [1.54, 1.807) is 19.1 Å². The lowest BCUT2D eigenvalue weighted by atomic mass is 9.92. The van der Waals surface area contributed by atoms with Crippen LogP contribution in [0.5, 0.6) is 0 Å². The standard InChI is InChI=1S/C24H27ClN4O3S/c1-13-7-14(2)10-28(9-13)24(32)21-16(4)20-22(33-21)26-12-29(23(20)31)11-19(30)27-17-6-5-15(3)18(25)8-17/h5-6,8,12-14H,7,9-11H2,1-4H3,(H,27,30)/t13-,14-/m1/s1. The third-order valence-electron chi connectivity index (χ3n) is 6.04. The zero-order valence-corrected chi connectivity index (χ0v) is 20.7. The van der Waals surface area contributed by atoms with Gasteiger partial charge in [-0.05, 0) is 55.4 Å². The first-order chi connectivity index (χ1) is 15.6. The minimum Gasteiger partial charge on any atom is -0.337 e. The number of amides is 2. The van der Waals surface area contributed by atoms with Crippen molar-refractivity contribution < 1.29 is 9.59 Å². The number of hydrogen-bond donors (Lipinski definition) is 1. The van der Waals surface area contributed by atoms with Crippen LogP contribution in [0, 0.1) is 25.7 Å². The van der Waals surface area contributed by atoms with Gasteiger partial charge in [0.15, 0.2) is 0 Å². The molecule has 1 fully saturated rings. The number of aromatic nitrogens is 2. The van der Waals surface area contributed by atoms with Crippen LogP contribution in [-0.2, 0) is 11.3 Å². The van der Waals surface area contributed by atoms with Crippen molar-refractivity contribution in [2.75, 3.05) is 18.4 Å². The highest BCUT2D eigenvalue weighted by Crippen LogP contribution is 2.30. The van der Waals surface area contributed by atoms with Gasteiger partial charge in [0.25, 0.3) is 11.5 Å². The molecule has 0 spiro atoms. The summed E-state index contributed by atoms with van der Waals surface area (Å²) < 4.78 is 1.27. The number of likely N-dealkylation sites (tertiary alicyclic amines) is 1. The van der Waals surface area contributed by atoms with Gasteiger partial charge >= 0.3 is 0 Å². The first-order valence-corrected chi connectivity index (χ1v) is 12.2. The highest BCUT2D eigenvalue weighted by molar-refractivity contribution is 7.20. The van der Waals surface area contributed by atoms with Crippen molar-refractivity contribution in [3.8, 4) is 0 Å². The van der Waals surface area contributed by atoms with Gasteiger partial charge in [0.1, 0.15) is 11.4 Å². The third-order valence-corrected chi connectivity index (χ3v) is 7.63. The zero-order chi connectivity index (χ0) is 23.9. The largest absolute Gasteiger partial charge is 0.337 e. The molecule has 0 radical (unpaired) electrons. The molecule has 33 heavy (non-hydrogen) atoms. The van der Waals surface area contributed by atoms with Crippen LogP contribution in [0.4, 0.5) is 5.69 Å². The average Bonchev–Trinajstić information content (AvgIpc) is 3.08. The maximum Gasteiger partial charge on any atom is 0.264 e. The van der Waals surface area contributed by atoms with E-state index in [0.717, 1.165) is 25.1 Å². The van der Waals surface area contributed by atoms with Gasteiger partial charge in [-0.3, -0.25) is 19.0 Å². The summed E-state index contributed by atoms with van der Waals surface area (Å²) in [6.45, 7) is 9.23. The predicted molar refractivity (Wildman–Crippen MR) is 132 cm³/mol. The van der Waals surface area contributed by atoms with Crippen molar-refractivity contribution in [1.82, 2.24) is 14.5 Å².